The van der Waals surface area contributed by atoms with E-state index in [9.17, 15) is 0 Å². The highest BCUT2D eigenvalue weighted by Crippen LogP contribution is 2.38. The zero-order valence-corrected chi connectivity index (χ0v) is 12.1. The molecule has 2 N–H and O–H groups in total. The van der Waals surface area contributed by atoms with Gasteiger partial charge in [0.15, 0.2) is 0 Å². The number of benzene rings is 2. The fraction of sp³-hybridized carbons (Fsp3) is 0.333. The minimum absolute atomic E-state index is 0.0548. The van der Waals surface area contributed by atoms with Crippen LogP contribution in [0.4, 0.5) is 0 Å². The zero-order chi connectivity index (χ0) is 13.9. The van der Waals surface area contributed by atoms with Gasteiger partial charge in [-0.25, -0.2) is 0 Å². The monoisotopic (exact) mass is 253 g/mol. The summed E-state index contributed by atoms with van der Waals surface area (Å²) in [6.07, 6.45) is 0.911. The number of hydrogen-bond donors (Lipinski definition) is 1. The van der Waals surface area contributed by atoms with E-state index in [4.69, 9.17) is 5.73 Å². The smallest absolute Gasteiger partial charge is 0.0191 e. The van der Waals surface area contributed by atoms with Crippen molar-refractivity contribution in [3.8, 4) is 0 Å². The summed E-state index contributed by atoms with van der Waals surface area (Å²) in [6.45, 7) is 6.47. The van der Waals surface area contributed by atoms with Gasteiger partial charge in [-0.15, -0.1) is 0 Å². The highest BCUT2D eigenvalue weighted by Gasteiger charge is 2.33. The van der Waals surface area contributed by atoms with Crippen molar-refractivity contribution in [2.45, 2.75) is 38.1 Å². The quantitative estimate of drug-likeness (QED) is 0.871. The summed E-state index contributed by atoms with van der Waals surface area (Å²) in [5.41, 5.74) is 8.67. The molecule has 19 heavy (non-hydrogen) atoms. The molecule has 2 rings (SSSR count). The molecule has 0 radical (unpaired) electrons. The van der Waals surface area contributed by atoms with E-state index < -0.39 is 0 Å². The molecule has 0 heterocycles. The summed E-state index contributed by atoms with van der Waals surface area (Å²) in [7, 11) is 0. The first-order valence-corrected chi connectivity index (χ1v) is 6.82. The molecular formula is C18H23N. The van der Waals surface area contributed by atoms with Gasteiger partial charge in [0.1, 0.15) is 0 Å². The Balaban J connectivity index is 2.51. The van der Waals surface area contributed by atoms with E-state index in [0.717, 1.165) is 6.42 Å². The number of nitrogens with two attached hydrogens (primary N) is 1. The second-order valence-corrected chi connectivity index (χ2v) is 6.23. The third-order valence-corrected chi connectivity index (χ3v) is 3.63. The van der Waals surface area contributed by atoms with Gasteiger partial charge >= 0.3 is 0 Å². The van der Waals surface area contributed by atoms with E-state index in [0.29, 0.717) is 0 Å². The molecule has 0 bridgehead atoms. The van der Waals surface area contributed by atoms with E-state index in [1.165, 1.54) is 11.1 Å². The summed E-state index contributed by atoms with van der Waals surface area (Å²) < 4.78 is 0. The van der Waals surface area contributed by atoms with E-state index in [2.05, 4.69) is 81.4 Å². The van der Waals surface area contributed by atoms with Crippen LogP contribution in [0.15, 0.2) is 60.7 Å². The molecule has 0 aliphatic heterocycles. The lowest BCUT2D eigenvalue weighted by molar-refractivity contribution is 0.371. The van der Waals surface area contributed by atoms with E-state index in [1.54, 1.807) is 0 Å². The summed E-state index contributed by atoms with van der Waals surface area (Å²) in [5.74, 6) is 0. The van der Waals surface area contributed by atoms with Crippen LogP contribution in [0.5, 0.6) is 0 Å². The molecule has 0 aliphatic carbocycles. The lowest BCUT2D eigenvalue weighted by atomic mass is 9.69. The van der Waals surface area contributed by atoms with Gasteiger partial charge in [0.25, 0.3) is 0 Å². The molecule has 2 aromatic rings. The summed E-state index contributed by atoms with van der Waals surface area (Å²) in [4.78, 5) is 0. The van der Waals surface area contributed by atoms with E-state index in [1.807, 2.05) is 0 Å². The molecule has 0 fully saturated rings. The van der Waals surface area contributed by atoms with Crippen molar-refractivity contribution >= 4 is 0 Å². The van der Waals surface area contributed by atoms with E-state index >= 15 is 0 Å². The average Bonchev–Trinajstić information content (AvgIpc) is 2.39. The Labute approximate surface area is 116 Å². The van der Waals surface area contributed by atoms with Crippen molar-refractivity contribution in [1.82, 2.24) is 0 Å². The largest absolute Gasteiger partial charge is 0.326 e. The minimum Gasteiger partial charge on any atom is -0.326 e. The Bertz CT molecular complexity index is 469. The summed E-state index contributed by atoms with van der Waals surface area (Å²) in [6, 6.07) is 21.3. The number of hydrogen-bond acceptors (Lipinski definition) is 1. The van der Waals surface area contributed by atoms with Crippen molar-refractivity contribution in [3.63, 3.8) is 0 Å². The average molecular weight is 253 g/mol. The first-order chi connectivity index (χ1) is 8.92. The summed E-state index contributed by atoms with van der Waals surface area (Å²) >= 11 is 0. The van der Waals surface area contributed by atoms with Gasteiger partial charge < -0.3 is 5.73 Å². The first kappa shape index (κ1) is 13.8. The second-order valence-electron chi connectivity index (χ2n) is 6.23. The van der Waals surface area contributed by atoms with Gasteiger partial charge in [0.2, 0.25) is 0 Å². The molecule has 0 spiro atoms. The molecule has 0 saturated carbocycles. The second kappa shape index (κ2) is 5.18. The van der Waals surface area contributed by atoms with Crippen molar-refractivity contribution in [1.29, 1.82) is 0 Å². The lowest BCUT2D eigenvalue weighted by Crippen LogP contribution is -2.41. The first-order valence-electron chi connectivity index (χ1n) is 6.82. The molecule has 2 aromatic carbocycles. The molecule has 0 atom stereocenters. The van der Waals surface area contributed by atoms with Crippen molar-refractivity contribution in [2.24, 2.45) is 5.73 Å². The highest BCUT2D eigenvalue weighted by atomic mass is 14.7. The van der Waals surface area contributed by atoms with Crippen LogP contribution >= 0.6 is 0 Å². The SMILES string of the molecule is CC(C)(N)CC(C)(c1ccccc1)c1ccccc1. The maximum atomic E-state index is 6.30. The Morgan fingerprint density at radius 1 is 0.737 bits per heavy atom. The Morgan fingerprint density at radius 2 is 1.11 bits per heavy atom. The molecule has 0 unspecified atom stereocenters. The normalized spacial score (nSPS) is 12.4. The molecule has 1 nitrogen and oxygen atoms in total. The van der Waals surface area contributed by atoms with Crippen LogP contribution in [0.3, 0.4) is 0 Å². The standard InChI is InChI=1S/C18H23N/c1-17(2,19)14-18(3,15-10-6-4-7-11-15)16-12-8-5-9-13-16/h4-13H,14,19H2,1-3H3. The van der Waals surface area contributed by atoms with Gasteiger partial charge in [-0.2, -0.15) is 0 Å². The van der Waals surface area contributed by atoms with Crippen LogP contribution < -0.4 is 5.73 Å². The third-order valence-electron chi connectivity index (χ3n) is 3.63. The van der Waals surface area contributed by atoms with Crippen molar-refractivity contribution in [3.05, 3.63) is 71.8 Å². The van der Waals surface area contributed by atoms with Crippen LogP contribution in [0.25, 0.3) is 0 Å². The predicted molar refractivity (Wildman–Crippen MR) is 82.2 cm³/mol. The minimum atomic E-state index is -0.208. The van der Waals surface area contributed by atoms with Gasteiger partial charge in [-0.3, -0.25) is 0 Å². The van der Waals surface area contributed by atoms with Crippen LogP contribution in [0.1, 0.15) is 38.3 Å². The molecule has 0 saturated heterocycles. The topological polar surface area (TPSA) is 26.0 Å². The molecule has 0 amide bonds. The Kier molecular flexibility index (Phi) is 3.77. The van der Waals surface area contributed by atoms with Gasteiger partial charge in [0, 0.05) is 11.0 Å². The van der Waals surface area contributed by atoms with Gasteiger partial charge in [0.05, 0.1) is 0 Å². The predicted octanol–water partition coefficient (Wildman–Crippen LogP) is 4.12. The lowest BCUT2D eigenvalue weighted by Gasteiger charge is -2.36. The maximum Gasteiger partial charge on any atom is 0.0191 e. The molecule has 100 valence electrons. The fourth-order valence-electron chi connectivity index (χ4n) is 2.89. The summed E-state index contributed by atoms with van der Waals surface area (Å²) in [5, 5.41) is 0. The number of rotatable bonds is 4. The molecule has 1 heteroatoms. The molecule has 0 aromatic heterocycles. The zero-order valence-electron chi connectivity index (χ0n) is 12.1. The van der Waals surface area contributed by atoms with Crippen molar-refractivity contribution in [2.75, 3.05) is 0 Å². The fourth-order valence-corrected chi connectivity index (χ4v) is 2.89. The van der Waals surface area contributed by atoms with Crippen molar-refractivity contribution < 1.29 is 0 Å². The molecule has 0 aliphatic rings. The van der Waals surface area contributed by atoms with Gasteiger partial charge in [-0.1, -0.05) is 67.6 Å². The Morgan fingerprint density at radius 3 is 1.42 bits per heavy atom. The van der Waals surface area contributed by atoms with Crippen LogP contribution in [-0.4, -0.2) is 5.54 Å². The van der Waals surface area contributed by atoms with Gasteiger partial charge in [-0.05, 0) is 31.4 Å². The van der Waals surface area contributed by atoms with Crippen LogP contribution in [0.2, 0.25) is 0 Å². The van der Waals surface area contributed by atoms with Crippen LogP contribution in [-0.2, 0) is 5.41 Å². The van der Waals surface area contributed by atoms with Crippen LogP contribution in [0, 0.1) is 0 Å². The highest BCUT2D eigenvalue weighted by molar-refractivity contribution is 5.38. The maximum absolute atomic E-state index is 6.30. The Hall–Kier alpha value is -1.60. The van der Waals surface area contributed by atoms with E-state index in [-0.39, 0.29) is 11.0 Å². The third kappa shape index (κ3) is 3.24. The molecular weight excluding hydrogens is 230 g/mol.